The van der Waals surface area contributed by atoms with Crippen LogP contribution < -0.4 is 0 Å². The molecule has 1 N–H and O–H groups in total. The smallest absolute Gasteiger partial charge is 0.354 e. The van der Waals surface area contributed by atoms with Crippen molar-refractivity contribution >= 4 is 5.97 Å². The SMILES string of the molecule is CCC1=C(C(=O)O)N(CC)C(CC)N1C. The molecule has 1 atom stereocenters. The van der Waals surface area contributed by atoms with Crippen molar-refractivity contribution in [3.8, 4) is 0 Å². The van der Waals surface area contributed by atoms with E-state index in [1.807, 2.05) is 25.8 Å². The highest BCUT2D eigenvalue weighted by Crippen LogP contribution is 2.31. The minimum Gasteiger partial charge on any atom is -0.477 e. The molecule has 0 amide bonds. The highest BCUT2D eigenvalue weighted by Gasteiger charge is 2.36. The van der Waals surface area contributed by atoms with Gasteiger partial charge in [-0.25, -0.2) is 4.79 Å². The van der Waals surface area contributed by atoms with Gasteiger partial charge in [-0.2, -0.15) is 0 Å². The lowest BCUT2D eigenvalue weighted by molar-refractivity contribution is -0.134. The van der Waals surface area contributed by atoms with Crippen LogP contribution >= 0.6 is 0 Å². The Morgan fingerprint density at radius 3 is 2.33 bits per heavy atom. The van der Waals surface area contributed by atoms with E-state index in [0.29, 0.717) is 5.70 Å². The molecule has 1 heterocycles. The molecule has 15 heavy (non-hydrogen) atoms. The van der Waals surface area contributed by atoms with Gasteiger partial charge in [-0.1, -0.05) is 13.8 Å². The second-order valence-electron chi connectivity index (χ2n) is 3.74. The fourth-order valence-corrected chi connectivity index (χ4v) is 2.40. The summed E-state index contributed by atoms with van der Waals surface area (Å²) in [4.78, 5) is 15.3. The number of likely N-dealkylation sites (N-methyl/N-ethyl adjacent to an activating group) is 1. The summed E-state index contributed by atoms with van der Waals surface area (Å²) in [7, 11) is 1.98. The average Bonchev–Trinajstić information content (AvgIpc) is 2.49. The van der Waals surface area contributed by atoms with Crippen LogP contribution in [0.2, 0.25) is 0 Å². The van der Waals surface area contributed by atoms with Crippen LogP contribution in [-0.4, -0.2) is 40.6 Å². The van der Waals surface area contributed by atoms with Gasteiger partial charge < -0.3 is 14.9 Å². The molecule has 0 aromatic rings. The van der Waals surface area contributed by atoms with Crippen molar-refractivity contribution in [2.45, 2.75) is 39.8 Å². The third kappa shape index (κ3) is 1.80. The maximum Gasteiger partial charge on any atom is 0.354 e. The third-order valence-corrected chi connectivity index (χ3v) is 3.04. The Kier molecular flexibility index (Phi) is 3.61. The maximum absolute atomic E-state index is 11.2. The van der Waals surface area contributed by atoms with Crippen molar-refractivity contribution in [3.63, 3.8) is 0 Å². The zero-order valence-electron chi connectivity index (χ0n) is 9.95. The first-order valence-corrected chi connectivity index (χ1v) is 5.54. The molecule has 0 spiro atoms. The molecule has 0 aliphatic carbocycles. The first kappa shape index (κ1) is 11.9. The number of allylic oxidation sites excluding steroid dienone is 1. The number of carboxylic acid groups (broad SMARTS) is 1. The Morgan fingerprint density at radius 1 is 1.40 bits per heavy atom. The Hall–Kier alpha value is -1.19. The lowest BCUT2D eigenvalue weighted by atomic mass is 10.2. The number of nitrogens with zero attached hydrogens (tertiary/aromatic N) is 2. The lowest BCUT2D eigenvalue weighted by Gasteiger charge is -2.30. The molecule has 0 saturated carbocycles. The van der Waals surface area contributed by atoms with E-state index in [9.17, 15) is 9.90 Å². The third-order valence-electron chi connectivity index (χ3n) is 3.04. The summed E-state index contributed by atoms with van der Waals surface area (Å²) in [6, 6.07) is 0. The van der Waals surface area contributed by atoms with E-state index in [-0.39, 0.29) is 6.17 Å². The largest absolute Gasteiger partial charge is 0.477 e. The molecule has 0 bridgehead atoms. The van der Waals surface area contributed by atoms with Crippen LogP contribution in [0.25, 0.3) is 0 Å². The highest BCUT2D eigenvalue weighted by atomic mass is 16.4. The molecule has 4 heteroatoms. The van der Waals surface area contributed by atoms with Crippen molar-refractivity contribution in [2.24, 2.45) is 0 Å². The standard InChI is InChI=1S/C11H20N2O2/c1-5-8-10(11(14)15)13(7-3)9(6-2)12(8)4/h9H,5-7H2,1-4H3,(H,14,15). The maximum atomic E-state index is 11.2. The molecule has 1 rings (SSSR count). The summed E-state index contributed by atoms with van der Waals surface area (Å²) in [6.07, 6.45) is 1.91. The Balaban J connectivity index is 3.12. The average molecular weight is 212 g/mol. The molecule has 1 unspecified atom stereocenters. The molecule has 0 fully saturated rings. The molecule has 0 aromatic heterocycles. The van der Waals surface area contributed by atoms with Crippen LogP contribution in [0.4, 0.5) is 0 Å². The predicted molar refractivity (Wildman–Crippen MR) is 59.2 cm³/mol. The second-order valence-corrected chi connectivity index (χ2v) is 3.74. The van der Waals surface area contributed by atoms with E-state index < -0.39 is 5.97 Å². The summed E-state index contributed by atoms with van der Waals surface area (Å²) < 4.78 is 0. The van der Waals surface area contributed by atoms with Crippen molar-refractivity contribution in [3.05, 3.63) is 11.4 Å². The van der Waals surface area contributed by atoms with Crippen LogP contribution in [-0.2, 0) is 4.79 Å². The van der Waals surface area contributed by atoms with Crippen molar-refractivity contribution in [2.75, 3.05) is 13.6 Å². The van der Waals surface area contributed by atoms with Gasteiger partial charge in [0.25, 0.3) is 0 Å². The molecule has 4 nitrogen and oxygen atoms in total. The van der Waals surface area contributed by atoms with Gasteiger partial charge in [-0.05, 0) is 19.8 Å². The van der Waals surface area contributed by atoms with Gasteiger partial charge in [0.1, 0.15) is 11.9 Å². The first-order valence-electron chi connectivity index (χ1n) is 5.54. The zero-order valence-corrected chi connectivity index (χ0v) is 9.95. The van der Waals surface area contributed by atoms with E-state index >= 15 is 0 Å². The molecule has 0 saturated heterocycles. The fourth-order valence-electron chi connectivity index (χ4n) is 2.40. The van der Waals surface area contributed by atoms with E-state index in [0.717, 1.165) is 25.1 Å². The van der Waals surface area contributed by atoms with Gasteiger partial charge in [-0.3, -0.25) is 0 Å². The Labute approximate surface area is 91.2 Å². The summed E-state index contributed by atoms with van der Waals surface area (Å²) in [5.74, 6) is -0.809. The van der Waals surface area contributed by atoms with Crippen molar-refractivity contribution < 1.29 is 9.90 Å². The zero-order chi connectivity index (χ0) is 11.6. The van der Waals surface area contributed by atoms with Gasteiger partial charge in [0, 0.05) is 19.3 Å². The van der Waals surface area contributed by atoms with E-state index in [4.69, 9.17) is 0 Å². The summed E-state index contributed by atoms with van der Waals surface area (Å²) in [6.45, 7) is 6.83. The van der Waals surface area contributed by atoms with Crippen molar-refractivity contribution in [1.82, 2.24) is 9.80 Å². The highest BCUT2D eigenvalue weighted by molar-refractivity contribution is 5.87. The molecule has 0 aromatic carbocycles. The second kappa shape index (κ2) is 4.55. The summed E-state index contributed by atoms with van der Waals surface area (Å²) in [5, 5.41) is 9.22. The van der Waals surface area contributed by atoms with Crippen LogP contribution in [0.5, 0.6) is 0 Å². The normalized spacial score (nSPS) is 21.5. The molecule has 1 aliphatic rings. The van der Waals surface area contributed by atoms with E-state index in [2.05, 4.69) is 11.8 Å². The predicted octanol–water partition coefficient (Wildman–Crippen LogP) is 1.70. The molecule has 1 aliphatic heterocycles. The lowest BCUT2D eigenvalue weighted by Crippen LogP contribution is -2.38. The minimum absolute atomic E-state index is 0.205. The van der Waals surface area contributed by atoms with Gasteiger partial charge >= 0.3 is 5.97 Å². The monoisotopic (exact) mass is 212 g/mol. The van der Waals surface area contributed by atoms with Gasteiger partial charge in [0.2, 0.25) is 0 Å². The van der Waals surface area contributed by atoms with Crippen LogP contribution in [0.1, 0.15) is 33.6 Å². The topological polar surface area (TPSA) is 43.8 Å². The number of carbonyl (C=O) groups is 1. The number of carboxylic acids is 1. The molecular weight excluding hydrogens is 192 g/mol. The number of hydrogen-bond donors (Lipinski definition) is 1. The van der Waals surface area contributed by atoms with Gasteiger partial charge in [-0.15, -0.1) is 0 Å². The van der Waals surface area contributed by atoms with E-state index in [1.54, 1.807) is 0 Å². The fraction of sp³-hybridized carbons (Fsp3) is 0.727. The first-order chi connectivity index (χ1) is 7.08. The van der Waals surface area contributed by atoms with Gasteiger partial charge in [0.05, 0.1) is 0 Å². The molecular formula is C11H20N2O2. The van der Waals surface area contributed by atoms with Crippen molar-refractivity contribution in [1.29, 1.82) is 0 Å². The van der Waals surface area contributed by atoms with Gasteiger partial charge in [0.15, 0.2) is 0 Å². The number of aliphatic carboxylic acids is 1. The molecule has 0 radical (unpaired) electrons. The van der Waals surface area contributed by atoms with E-state index in [1.165, 1.54) is 0 Å². The number of rotatable bonds is 4. The number of hydrogen-bond acceptors (Lipinski definition) is 3. The Morgan fingerprint density at radius 2 is 2.00 bits per heavy atom. The summed E-state index contributed by atoms with van der Waals surface area (Å²) in [5.41, 5.74) is 1.42. The van der Waals surface area contributed by atoms with Crippen LogP contribution in [0.15, 0.2) is 11.4 Å². The van der Waals surface area contributed by atoms with Crippen LogP contribution in [0.3, 0.4) is 0 Å². The van der Waals surface area contributed by atoms with Crippen LogP contribution in [0, 0.1) is 0 Å². The minimum atomic E-state index is -0.809. The molecule has 86 valence electrons. The Bertz CT molecular complexity index is 286. The summed E-state index contributed by atoms with van der Waals surface area (Å²) >= 11 is 0. The quantitative estimate of drug-likeness (QED) is 0.770.